The van der Waals surface area contributed by atoms with Crippen LogP contribution in [0.1, 0.15) is 51.5 Å². The topological polar surface area (TPSA) is 58.1 Å². The number of hydrogen-bond donors (Lipinski definition) is 2. The number of piperidine rings is 1. The van der Waals surface area contributed by atoms with E-state index in [0.29, 0.717) is 12.6 Å². The Morgan fingerprint density at radius 2 is 1.84 bits per heavy atom. The standard InChI is InChI=1S/C24H40N4O2.HI/c1-4-14-28-15-10-21(11-16-28)27-23(25-3)26-19-24(12-17-29-18-13-24)20-6-8-22(9-7-20)30-5-2;/h6-9,21H,4-5,10-19H2,1-3H3,(H2,25,26,27);1H. The summed E-state index contributed by atoms with van der Waals surface area (Å²) in [6.45, 7) is 11.0. The molecule has 0 aliphatic carbocycles. The van der Waals surface area contributed by atoms with E-state index in [1.807, 2.05) is 14.0 Å². The molecule has 31 heavy (non-hydrogen) atoms. The van der Waals surface area contributed by atoms with Gasteiger partial charge in [0.05, 0.1) is 6.61 Å². The molecule has 176 valence electrons. The molecule has 0 bridgehead atoms. The van der Waals surface area contributed by atoms with Crippen LogP contribution in [-0.4, -0.2) is 69.9 Å². The van der Waals surface area contributed by atoms with E-state index in [9.17, 15) is 0 Å². The third kappa shape index (κ3) is 7.49. The molecule has 0 atom stereocenters. The second-order valence-corrected chi connectivity index (χ2v) is 8.54. The van der Waals surface area contributed by atoms with Gasteiger partial charge in [-0.2, -0.15) is 0 Å². The highest BCUT2D eigenvalue weighted by molar-refractivity contribution is 14.0. The Balaban J connectivity index is 0.00000341. The fraction of sp³-hybridized carbons (Fsp3) is 0.708. The van der Waals surface area contributed by atoms with Gasteiger partial charge in [-0.3, -0.25) is 4.99 Å². The molecule has 2 fully saturated rings. The highest BCUT2D eigenvalue weighted by atomic mass is 127. The monoisotopic (exact) mass is 544 g/mol. The van der Waals surface area contributed by atoms with Crippen molar-refractivity contribution in [1.82, 2.24) is 15.5 Å². The fourth-order valence-corrected chi connectivity index (χ4v) is 4.66. The van der Waals surface area contributed by atoms with Crippen LogP contribution in [0.15, 0.2) is 29.3 Å². The largest absolute Gasteiger partial charge is 0.494 e. The van der Waals surface area contributed by atoms with E-state index in [1.165, 1.54) is 44.5 Å². The van der Waals surface area contributed by atoms with Gasteiger partial charge in [-0.1, -0.05) is 19.1 Å². The molecular weight excluding hydrogens is 503 g/mol. The average Bonchev–Trinajstić information content (AvgIpc) is 2.79. The Kier molecular flexibility index (Phi) is 11.4. The molecule has 0 saturated carbocycles. The van der Waals surface area contributed by atoms with Crippen LogP contribution in [0.2, 0.25) is 0 Å². The quantitative estimate of drug-likeness (QED) is 0.297. The highest BCUT2D eigenvalue weighted by Gasteiger charge is 2.35. The molecule has 0 unspecified atom stereocenters. The molecular formula is C24H41IN4O2. The van der Waals surface area contributed by atoms with E-state index in [4.69, 9.17) is 9.47 Å². The normalized spacial score (nSPS) is 20.0. The van der Waals surface area contributed by atoms with Gasteiger partial charge in [-0.25, -0.2) is 0 Å². The van der Waals surface area contributed by atoms with Gasteiger partial charge in [0.15, 0.2) is 5.96 Å². The first kappa shape index (κ1) is 26.2. The number of halogens is 1. The number of aliphatic imine (C=N–C) groups is 1. The zero-order valence-electron chi connectivity index (χ0n) is 19.5. The van der Waals surface area contributed by atoms with Crippen LogP contribution < -0.4 is 15.4 Å². The zero-order valence-corrected chi connectivity index (χ0v) is 21.8. The Morgan fingerprint density at radius 3 is 2.42 bits per heavy atom. The van der Waals surface area contributed by atoms with E-state index in [2.05, 4.69) is 51.7 Å². The second kappa shape index (κ2) is 13.5. The fourth-order valence-electron chi connectivity index (χ4n) is 4.66. The summed E-state index contributed by atoms with van der Waals surface area (Å²) in [6.07, 6.45) is 5.62. The van der Waals surface area contributed by atoms with Crippen LogP contribution >= 0.6 is 24.0 Å². The van der Waals surface area contributed by atoms with Gasteiger partial charge in [-0.15, -0.1) is 24.0 Å². The summed E-state index contributed by atoms with van der Waals surface area (Å²) in [5.74, 6) is 1.85. The molecule has 1 aromatic rings. The van der Waals surface area contributed by atoms with E-state index >= 15 is 0 Å². The van der Waals surface area contributed by atoms with Crippen LogP contribution in [-0.2, 0) is 10.2 Å². The summed E-state index contributed by atoms with van der Waals surface area (Å²) in [6, 6.07) is 9.12. The van der Waals surface area contributed by atoms with Crippen LogP contribution in [0.3, 0.4) is 0 Å². The first-order valence-electron chi connectivity index (χ1n) is 11.7. The Labute approximate surface area is 205 Å². The number of ether oxygens (including phenoxy) is 2. The van der Waals surface area contributed by atoms with Crippen molar-refractivity contribution < 1.29 is 9.47 Å². The van der Waals surface area contributed by atoms with Gasteiger partial charge in [0.25, 0.3) is 0 Å². The number of nitrogens with one attached hydrogen (secondary N) is 2. The molecule has 7 heteroatoms. The molecule has 1 aromatic carbocycles. The van der Waals surface area contributed by atoms with Crippen LogP contribution in [0.25, 0.3) is 0 Å². The SMILES string of the molecule is CCCN1CCC(NC(=NC)NCC2(c3ccc(OCC)cc3)CCOCC2)CC1.I. The highest BCUT2D eigenvalue weighted by Crippen LogP contribution is 2.35. The Hall–Kier alpha value is -1.06. The van der Waals surface area contributed by atoms with E-state index in [-0.39, 0.29) is 29.4 Å². The number of nitrogens with zero attached hydrogens (tertiary/aromatic N) is 2. The molecule has 2 N–H and O–H groups in total. The first-order chi connectivity index (χ1) is 14.7. The van der Waals surface area contributed by atoms with E-state index < -0.39 is 0 Å². The summed E-state index contributed by atoms with van der Waals surface area (Å²) in [7, 11) is 1.87. The molecule has 0 spiro atoms. The average molecular weight is 545 g/mol. The third-order valence-electron chi connectivity index (χ3n) is 6.51. The van der Waals surface area contributed by atoms with E-state index in [1.54, 1.807) is 0 Å². The molecule has 2 heterocycles. The summed E-state index contributed by atoms with van der Waals surface area (Å²) >= 11 is 0. The predicted octanol–water partition coefficient (Wildman–Crippen LogP) is 3.79. The number of likely N-dealkylation sites (tertiary alicyclic amines) is 1. The third-order valence-corrected chi connectivity index (χ3v) is 6.51. The maximum Gasteiger partial charge on any atom is 0.191 e. The number of rotatable bonds is 8. The first-order valence-corrected chi connectivity index (χ1v) is 11.7. The minimum Gasteiger partial charge on any atom is -0.494 e. The lowest BCUT2D eigenvalue weighted by Crippen LogP contribution is -2.52. The summed E-state index contributed by atoms with van der Waals surface area (Å²) in [4.78, 5) is 7.08. The lowest BCUT2D eigenvalue weighted by Gasteiger charge is -2.39. The van der Waals surface area contributed by atoms with Crippen molar-refractivity contribution in [3.05, 3.63) is 29.8 Å². The van der Waals surface area contributed by atoms with Crippen LogP contribution in [0, 0.1) is 0 Å². The lowest BCUT2D eigenvalue weighted by molar-refractivity contribution is 0.0513. The van der Waals surface area contributed by atoms with Gasteiger partial charge in [0.2, 0.25) is 0 Å². The minimum absolute atomic E-state index is 0. The maximum atomic E-state index is 5.69. The molecule has 2 saturated heterocycles. The number of hydrogen-bond acceptors (Lipinski definition) is 4. The molecule has 6 nitrogen and oxygen atoms in total. The molecule has 2 aliphatic heterocycles. The molecule has 0 aromatic heterocycles. The van der Waals surface area contributed by atoms with Crippen molar-refractivity contribution in [2.24, 2.45) is 4.99 Å². The van der Waals surface area contributed by atoms with Crippen molar-refractivity contribution in [3.8, 4) is 5.75 Å². The summed E-state index contributed by atoms with van der Waals surface area (Å²) in [5.41, 5.74) is 1.41. The van der Waals surface area contributed by atoms with Crippen molar-refractivity contribution >= 4 is 29.9 Å². The number of benzene rings is 1. The Bertz CT molecular complexity index is 654. The molecule has 0 radical (unpaired) electrons. The van der Waals surface area contributed by atoms with Crippen molar-refractivity contribution in [2.75, 3.05) is 53.0 Å². The second-order valence-electron chi connectivity index (χ2n) is 8.54. The molecule has 0 amide bonds. The smallest absolute Gasteiger partial charge is 0.191 e. The molecule has 3 rings (SSSR count). The predicted molar refractivity (Wildman–Crippen MR) is 139 cm³/mol. The molecule has 2 aliphatic rings. The van der Waals surface area contributed by atoms with Gasteiger partial charge in [0.1, 0.15) is 5.75 Å². The zero-order chi connectivity index (χ0) is 21.2. The maximum absolute atomic E-state index is 5.69. The van der Waals surface area contributed by atoms with Crippen molar-refractivity contribution in [2.45, 2.75) is 57.4 Å². The lowest BCUT2D eigenvalue weighted by atomic mass is 9.74. The van der Waals surface area contributed by atoms with Gasteiger partial charge in [-0.05, 0) is 63.3 Å². The summed E-state index contributed by atoms with van der Waals surface area (Å²) in [5, 5.41) is 7.30. The summed E-state index contributed by atoms with van der Waals surface area (Å²) < 4.78 is 11.3. The number of guanidine groups is 1. The van der Waals surface area contributed by atoms with Crippen LogP contribution in [0.4, 0.5) is 0 Å². The van der Waals surface area contributed by atoms with Gasteiger partial charge >= 0.3 is 0 Å². The minimum atomic E-state index is 0. The van der Waals surface area contributed by atoms with Gasteiger partial charge < -0.3 is 25.0 Å². The Morgan fingerprint density at radius 1 is 1.16 bits per heavy atom. The van der Waals surface area contributed by atoms with Crippen molar-refractivity contribution in [3.63, 3.8) is 0 Å². The van der Waals surface area contributed by atoms with Crippen LogP contribution in [0.5, 0.6) is 5.75 Å². The van der Waals surface area contributed by atoms with Gasteiger partial charge in [0, 0.05) is 51.4 Å². The van der Waals surface area contributed by atoms with Crippen molar-refractivity contribution in [1.29, 1.82) is 0 Å². The van der Waals surface area contributed by atoms with E-state index in [0.717, 1.165) is 44.3 Å².